The maximum atomic E-state index is 11.8. The van der Waals surface area contributed by atoms with E-state index in [9.17, 15) is 4.79 Å². The fourth-order valence-electron chi connectivity index (χ4n) is 3.13. The van der Waals surface area contributed by atoms with Crippen molar-refractivity contribution in [3.8, 4) is 17.2 Å². The Morgan fingerprint density at radius 2 is 1.63 bits per heavy atom. The summed E-state index contributed by atoms with van der Waals surface area (Å²) in [6.07, 6.45) is 2.01. The highest BCUT2D eigenvalue weighted by Gasteiger charge is 2.29. The summed E-state index contributed by atoms with van der Waals surface area (Å²) in [7, 11) is 0. The van der Waals surface area contributed by atoms with Crippen molar-refractivity contribution in [2.45, 2.75) is 39.2 Å². The third-order valence-electron chi connectivity index (χ3n) is 5.16. The summed E-state index contributed by atoms with van der Waals surface area (Å²) in [4.78, 5) is 11.8. The molecule has 1 saturated carbocycles. The molecule has 0 aliphatic heterocycles. The van der Waals surface area contributed by atoms with Crippen LogP contribution < -0.4 is 14.8 Å². The molecular formula is C26H27NO3. The van der Waals surface area contributed by atoms with E-state index in [1.54, 1.807) is 0 Å². The van der Waals surface area contributed by atoms with Gasteiger partial charge < -0.3 is 14.8 Å². The van der Waals surface area contributed by atoms with E-state index >= 15 is 0 Å². The van der Waals surface area contributed by atoms with Gasteiger partial charge >= 0.3 is 0 Å². The van der Waals surface area contributed by atoms with Crippen LogP contribution in [0.3, 0.4) is 0 Å². The SMILES string of the molecule is CC(C)c1ccc(Oc2cccc(OCc3ccc(NC(=O)C4CC4)cc3)c2)cc1. The quantitative estimate of drug-likeness (QED) is 0.467. The van der Waals surface area contributed by atoms with Crippen LogP contribution in [0.1, 0.15) is 43.7 Å². The molecule has 0 aromatic heterocycles. The number of amides is 1. The maximum Gasteiger partial charge on any atom is 0.227 e. The highest BCUT2D eigenvalue weighted by Crippen LogP contribution is 2.30. The van der Waals surface area contributed by atoms with E-state index in [1.165, 1.54) is 5.56 Å². The molecule has 3 aromatic rings. The van der Waals surface area contributed by atoms with E-state index in [0.717, 1.165) is 41.3 Å². The van der Waals surface area contributed by atoms with Crippen LogP contribution in [0.25, 0.3) is 0 Å². The second-order valence-electron chi connectivity index (χ2n) is 8.05. The summed E-state index contributed by atoms with van der Waals surface area (Å²) in [6, 6.07) is 23.6. The molecule has 3 aromatic carbocycles. The van der Waals surface area contributed by atoms with Crippen LogP contribution in [0.5, 0.6) is 17.2 Å². The van der Waals surface area contributed by atoms with E-state index < -0.39 is 0 Å². The molecular weight excluding hydrogens is 374 g/mol. The van der Waals surface area contributed by atoms with Crippen molar-refractivity contribution in [3.05, 3.63) is 83.9 Å². The number of nitrogens with one attached hydrogen (secondary N) is 1. The molecule has 0 unspecified atom stereocenters. The summed E-state index contributed by atoms with van der Waals surface area (Å²) in [6.45, 7) is 4.80. The minimum absolute atomic E-state index is 0.120. The lowest BCUT2D eigenvalue weighted by Crippen LogP contribution is -2.13. The van der Waals surface area contributed by atoms with Crippen LogP contribution in [-0.4, -0.2) is 5.91 Å². The van der Waals surface area contributed by atoms with Crippen molar-refractivity contribution in [2.75, 3.05) is 5.32 Å². The number of hydrogen-bond acceptors (Lipinski definition) is 3. The first kappa shape index (κ1) is 20.0. The Balaban J connectivity index is 1.32. The molecule has 4 rings (SSSR count). The molecule has 1 N–H and O–H groups in total. The van der Waals surface area contributed by atoms with E-state index in [0.29, 0.717) is 12.5 Å². The van der Waals surface area contributed by atoms with Gasteiger partial charge in [0, 0.05) is 17.7 Å². The Morgan fingerprint density at radius 3 is 2.30 bits per heavy atom. The average molecular weight is 402 g/mol. The lowest BCUT2D eigenvalue weighted by Gasteiger charge is -2.11. The summed E-state index contributed by atoms with van der Waals surface area (Å²) in [5.74, 6) is 3.12. The van der Waals surface area contributed by atoms with Gasteiger partial charge in [-0.2, -0.15) is 0 Å². The Hall–Kier alpha value is -3.27. The normalized spacial score (nSPS) is 13.2. The Bertz CT molecular complexity index is 990. The zero-order valence-electron chi connectivity index (χ0n) is 17.4. The van der Waals surface area contributed by atoms with Crippen LogP contribution >= 0.6 is 0 Å². The van der Waals surface area contributed by atoms with Crippen LogP contribution in [0.15, 0.2) is 72.8 Å². The molecule has 0 atom stereocenters. The average Bonchev–Trinajstić information content (AvgIpc) is 3.60. The van der Waals surface area contributed by atoms with Gasteiger partial charge in [-0.3, -0.25) is 4.79 Å². The van der Waals surface area contributed by atoms with Crippen LogP contribution in [-0.2, 0) is 11.4 Å². The molecule has 154 valence electrons. The molecule has 4 heteroatoms. The summed E-state index contributed by atoms with van der Waals surface area (Å²) in [5, 5.41) is 2.95. The van der Waals surface area contributed by atoms with Crippen molar-refractivity contribution in [3.63, 3.8) is 0 Å². The summed E-state index contributed by atoms with van der Waals surface area (Å²) >= 11 is 0. The van der Waals surface area contributed by atoms with Crippen molar-refractivity contribution in [1.29, 1.82) is 0 Å². The van der Waals surface area contributed by atoms with E-state index in [2.05, 4.69) is 31.3 Å². The van der Waals surface area contributed by atoms with Crippen molar-refractivity contribution in [1.82, 2.24) is 0 Å². The van der Waals surface area contributed by atoms with Crippen LogP contribution in [0.2, 0.25) is 0 Å². The molecule has 0 radical (unpaired) electrons. The lowest BCUT2D eigenvalue weighted by molar-refractivity contribution is -0.117. The van der Waals surface area contributed by atoms with Gasteiger partial charge in [0.15, 0.2) is 0 Å². The molecule has 30 heavy (non-hydrogen) atoms. The van der Waals surface area contributed by atoms with E-state index in [-0.39, 0.29) is 11.8 Å². The zero-order chi connectivity index (χ0) is 20.9. The largest absolute Gasteiger partial charge is 0.489 e. The second kappa shape index (κ2) is 9.04. The van der Waals surface area contributed by atoms with Gasteiger partial charge in [0.2, 0.25) is 5.91 Å². The molecule has 0 spiro atoms. The smallest absolute Gasteiger partial charge is 0.227 e. The van der Waals surface area contributed by atoms with Gasteiger partial charge in [-0.15, -0.1) is 0 Å². The molecule has 1 aliphatic carbocycles. The number of benzene rings is 3. The van der Waals surface area contributed by atoms with Crippen LogP contribution in [0.4, 0.5) is 5.69 Å². The van der Waals surface area contributed by atoms with Crippen molar-refractivity contribution >= 4 is 11.6 Å². The number of rotatable bonds is 8. The highest BCUT2D eigenvalue weighted by atomic mass is 16.5. The molecule has 0 heterocycles. The molecule has 0 bridgehead atoms. The molecule has 4 nitrogen and oxygen atoms in total. The number of ether oxygens (including phenoxy) is 2. The minimum atomic E-state index is 0.120. The minimum Gasteiger partial charge on any atom is -0.489 e. The van der Waals surface area contributed by atoms with Gasteiger partial charge in [0.05, 0.1) is 0 Å². The third-order valence-corrected chi connectivity index (χ3v) is 5.16. The Labute approximate surface area is 177 Å². The molecule has 0 saturated heterocycles. The number of carbonyl (C=O) groups is 1. The first-order valence-corrected chi connectivity index (χ1v) is 10.5. The maximum absolute atomic E-state index is 11.8. The fraction of sp³-hybridized carbons (Fsp3) is 0.269. The first-order chi connectivity index (χ1) is 14.6. The van der Waals surface area contributed by atoms with Gasteiger partial charge in [-0.25, -0.2) is 0 Å². The Morgan fingerprint density at radius 1 is 0.933 bits per heavy atom. The van der Waals surface area contributed by atoms with Gasteiger partial charge in [0.25, 0.3) is 0 Å². The zero-order valence-corrected chi connectivity index (χ0v) is 17.4. The predicted octanol–water partition coefficient (Wildman–Crippen LogP) is 6.53. The molecule has 1 amide bonds. The first-order valence-electron chi connectivity index (χ1n) is 10.5. The van der Waals surface area contributed by atoms with Crippen LogP contribution in [0, 0.1) is 5.92 Å². The summed E-state index contributed by atoms with van der Waals surface area (Å²) in [5.41, 5.74) is 3.15. The third kappa shape index (κ3) is 5.41. The van der Waals surface area contributed by atoms with Gasteiger partial charge in [-0.1, -0.05) is 44.2 Å². The number of carbonyl (C=O) groups excluding carboxylic acids is 1. The van der Waals surface area contributed by atoms with Gasteiger partial charge in [0.1, 0.15) is 23.9 Å². The van der Waals surface area contributed by atoms with Gasteiger partial charge in [-0.05, 0) is 66.3 Å². The topological polar surface area (TPSA) is 47.6 Å². The monoisotopic (exact) mass is 401 g/mol. The van der Waals surface area contributed by atoms with Crippen molar-refractivity contribution < 1.29 is 14.3 Å². The molecule has 1 fully saturated rings. The van der Waals surface area contributed by atoms with Crippen molar-refractivity contribution in [2.24, 2.45) is 5.92 Å². The second-order valence-corrected chi connectivity index (χ2v) is 8.05. The standard InChI is InChI=1S/C26H27NO3/c1-18(2)20-10-14-23(15-11-20)30-25-5-3-4-24(16-25)29-17-19-6-12-22(13-7-19)27-26(28)21-8-9-21/h3-7,10-16,18,21H,8-9,17H2,1-2H3,(H,27,28). The van der Waals surface area contributed by atoms with E-state index in [4.69, 9.17) is 9.47 Å². The predicted molar refractivity (Wildman–Crippen MR) is 119 cm³/mol. The molecule has 1 aliphatic rings. The highest BCUT2D eigenvalue weighted by molar-refractivity contribution is 5.93. The van der Waals surface area contributed by atoms with E-state index in [1.807, 2.05) is 60.7 Å². The lowest BCUT2D eigenvalue weighted by atomic mass is 10.0. The Kier molecular flexibility index (Phi) is 6.03. The number of anilines is 1. The number of hydrogen-bond donors (Lipinski definition) is 1. The summed E-state index contributed by atoms with van der Waals surface area (Å²) < 4.78 is 11.9. The fourth-order valence-corrected chi connectivity index (χ4v) is 3.13.